The number of hydrogen-bond acceptors (Lipinski definition) is 3. The number of nitrogens with zero attached hydrogens (tertiary/aromatic N) is 1. The Morgan fingerprint density at radius 2 is 1.65 bits per heavy atom. The lowest BCUT2D eigenvalue weighted by Gasteiger charge is -2.25. The van der Waals surface area contributed by atoms with Crippen LogP contribution < -0.4 is 15.4 Å². The van der Waals surface area contributed by atoms with Gasteiger partial charge in [0.05, 0.1) is 17.9 Å². The van der Waals surface area contributed by atoms with Crippen molar-refractivity contribution in [2.45, 2.75) is 13.3 Å². The van der Waals surface area contributed by atoms with Crippen LogP contribution in [0, 0.1) is 0 Å². The summed E-state index contributed by atoms with van der Waals surface area (Å²) in [6.07, 6.45) is 1.08. The number of rotatable bonds is 7. The van der Waals surface area contributed by atoms with Gasteiger partial charge in [0.1, 0.15) is 12.4 Å². The average molecular weight is 270 g/mol. The van der Waals surface area contributed by atoms with Gasteiger partial charge in [-0.2, -0.15) is 0 Å². The van der Waals surface area contributed by atoms with E-state index in [-0.39, 0.29) is 0 Å². The van der Waals surface area contributed by atoms with Gasteiger partial charge in [0.15, 0.2) is 0 Å². The highest BCUT2D eigenvalue weighted by Gasteiger charge is 2.08. The topological polar surface area (TPSA) is 38.5 Å². The first-order valence-corrected chi connectivity index (χ1v) is 7.08. The van der Waals surface area contributed by atoms with Crippen LogP contribution in [0.15, 0.2) is 54.6 Å². The fraction of sp³-hybridized carbons (Fsp3) is 0.294. The quantitative estimate of drug-likeness (QED) is 0.782. The van der Waals surface area contributed by atoms with Crippen LogP contribution in [-0.4, -0.2) is 19.7 Å². The zero-order valence-corrected chi connectivity index (χ0v) is 12.0. The zero-order chi connectivity index (χ0) is 14.2. The summed E-state index contributed by atoms with van der Waals surface area (Å²) in [7, 11) is 0. The summed E-state index contributed by atoms with van der Waals surface area (Å²) >= 11 is 0. The predicted molar refractivity (Wildman–Crippen MR) is 85.3 cm³/mol. The summed E-state index contributed by atoms with van der Waals surface area (Å²) in [6.45, 7) is 4.63. The monoisotopic (exact) mass is 270 g/mol. The second kappa shape index (κ2) is 7.43. The number of hydrogen-bond donors (Lipinski definition) is 1. The molecule has 0 saturated carbocycles. The van der Waals surface area contributed by atoms with Gasteiger partial charge in [0, 0.05) is 6.54 Å². The van der Waals surface area contributed by atoms with Crippen molar-refractivity contribution >= 4 is 11.4 Å². The van der Waals surface area contributed by atoms with Crippen LogP contribution in [0.2, 0.25) is 0 Å². The van der Waals surface area contributed by atoms with Crippen LogP contribution in [0.4, 0.5) is 11.4 Å². The van der Waals surface area contributed by atoms with E-state index in [0.717, 1.165) is 36.6 Å². The summed E-state index contributed by atoms with van der Waals surface area (Å²) in [5, 5.41) is 0. The largest absolute Gasteiger partial charge is 0.492 e. The van der Waals surface area contributed by atoms with Crippen LogP contribution in [0.5, 0.6) is 5.75 Å². The predicted octanol–water partition coefficient (Wildman–Crippen LogP) is 3.56. The Balaban J connectivity index is 1.95. The Bertz CT molecular complexity index is 513. The van der Waals surface area contributed by atoms with E-state index in [1.165, 1.54) is 0 Å². The van der Waals surface area contributed by atoms with Gasteiger partial charge in [0.25, 0.3) is 0 Å². The highest BCUT2D eigenvalue weighted by atomic mass is 16.5. The van der Waals surface area contributed by atoms with E-state index in [9.17, 15) is 0 Å². The van der Waals surface area contributed by atoms with Gasteiger partial charge >= 0.3 is 0 Å². The van der Waals surface area contributed by atoms with Gasteiger partial charge in [-0.1, -0.05) is 37.3 Å². The van der Waals surface area contributed by atoms with Gasteiger partial charge in [0.2, 0.25) is 0 Å². The Morgan fingerprint density at radius 3 is 2.35 bits per heavy atom. The maximum atomic E-state index is 6.05. The molecule has 0 atom stereocenters. The molecule has 0 radical (unpaired) electrons. The molecule has 0 saturated heterocycles. The molecular formula is C17H22N2O. The smallest absolute Gasteiger partial charge is 0.119 e. The van der Waals surface area contributed by atoms with Gasteiger partial charge in [-0.25, -0.2) is 0 Å². The minimum Gasteiger partial charge on any atom is -0.492 e. The Kier molecular flexibility index (Phi) is 5.30. The fourth-order valence-corrected chi connectivity index (χ4v) is 2.19. The molecule has 0 spiro atoms. The van der Waals surface area contributed by atoms with Crippen LogP contribution in [0.25, 0.3) is 0 Å². The third-order valence-corrected chi connectivity index (χ3v) is 3.14. The molecule has 0 fully saturated rings. The summed E-state index contributed by atoms with van der Waals surface area (Å²) in [4.78, 5) is 2.28. The Labute approximate surface area is 121 Å². The lowest BCUT2D eigenvalue weighted by molar-refractivity contribution is 0.323. The first-order valence-electron chi connectivity index (χ1n) is 7.08. The van der Waals surface area contributed by atoms with E-state index >= 15 is 0 Å². The zero-order valence-electron chi connectivity index (χ0n) is 12.0. The molecule has 0 aliphatic carbocycles. The lowest BCUT2D eigenvalue weighted by Crippen LogP contribution is -2.29. The molecule has 3 heteroatoms. The van der Waals surface area contributed by atoms with Crippen molar-refractivity contribution < 1.29 is 4.74 Å². The average Bonchev–Trinajstić information content (AvgIpc) is 2.48. The van der Waals surface area contributed by atoms with Crippen molar-refractivity contribution in [2.24, 2.45) is 0 Å². The second-order valence-corrected chi connectivity index (χ2v) is 4.71. The molecule has 0 unspecified atom stereocenters. The molecular weight excluding hydrogens is 248 g/mol. The van der Waals surface area contributed by atoms with Crippen molar-refractivity contribution in [3.05, 3.63) is 54.6 Å². The summed E-state index contributed by atoms with van der Waals surface area (Å²) in [5.74, 6) is 0.907. The number of para-hydroxylation sites is 3. The number of nitrogens with two attached hydrogens (primary N) is 1. The highest BCUT2D eigenvalue weighted by Crippen LogP contribution is 2.22. The minimum absolute atomic E-state index is 0.651. The molecule has 106 valence electrons. The first kappa shape index (κ1) is 14.3. The van der Waals surface area contributed by atoms with Crippen molar-refractivity contribution in [3.8, 4) is 5.75 Å². The third-order valence-electron chi connectivity index (χ3n) is 3.14. The Hall–Kier alpha value is -2.16. The van der Waals surface area contributed by atoms with E-state index < -0.39 is 0 Å². The number of anilines is 2. The highest BCUT2D eigenvalue weighted by molar-refractivity contribution is 5.67. The SMILES string of the molecule is CCCN(CCOc1ccccc1)c1ccccc1N. The van der Waals surface area contributed by atoms with Gasteiger partial charge < -0.3 is 15.4 Å². The van der Waals surface area contributed by atoms with E-state index in [1.807, 2.05) is 48.5 Å². The van der Waals surface area contributed by atoms with Crippen molar-refractivity contribution in [2.75, 3.05) is 30.3 Å². The van der Waals surface area contributed by atoms with E-state index in [1.54, 1.807) is 0 Å². The molecule has 3 nitrogen and oxygen atoms in total. The number of nitrogen functional groups attached to an aromatic ring is 1. The van der Waals surface area contributed by atoms with Gasteiger partial charge in [-0.15, -0.1) is 0 Å². The molecule has 0 heterocycles. The van der Waals surface area contributed by atoms with Crippen LogP contribution in [-0.2, 0) is 0 Å². The van der Waals surface area contributed by atoms with Gasteiger partial charge in [-0.05, 0) is 30.7 Å². The minimum atomic E-state index is 0.651. The van der Waals surface area contributed by atoms with Crippen molar-refractivity contribution in [3.63, 3.8) is 0 Å². The van der Waals surface area contributed by atoms with Crippen LogP contribution in [0.1, 0.15) is 13.3 Å². The molecule has 0 bridgehead atoms. The fourth-order valence-electron chi connectivity index (χ4n) is 2.19. The molecule has 0 aliphatic heterocycles. The molecule has 2 rings (SSSR count). The molecule has 20 heavy (non-hydrogen) atoms. The molecule has 0 aromatic heterocycles. The molecule has 2 aromatic rings. The summed E-state index contributed by atoms with van der Waals surface area (Å²) < 4.78 is 5.76. The van der Waals surface area contributed by atoms with E-state index in [4.69, 9.17) is 10.5 Å². The second-order valence-electron chi connectivity index (χ2n) is 4.71. The first-order chi connectivity index (χ1) is 9.81. The van der Waals surface area contributed by atoms with Crippen LogP contribution >= 0.6 is 0 Å². The standard InChI is InChI=1S/C17H22N2O/c1-2-12-19(17-11-7-6-10-16(17)18)13-14-20-15-8-4-3-5-9-15/h3-11H,2,12-14,18H2,1H3. The van der Waals surface area contributed by atoms with E-state index in [2.05, 4.69) is 17.9 Å². The summed E-state index contributed by atoms with van der Waals surface area (Å²) in [5.41, 5.74) is 7.96. The molecule has 2 N–H and O–H groups in total. The van der Waals surface area contributed by atoms with Crippen molar-refractivity contribution in [1.29, 1.82) is 0 Å². The normalized spacial score (nSPS) is 10.2. The summed E-state index contributed by atoms with van der Waals surface area (Å²) in [6, 6.07) is 17.9. The lowest BCUT2D eigenvalue weighted by atomic mass is 10.2. The number of benzene rings is 2. The number of ether oxygens (including phenoxy) is 1. The molecule has 2 aromatic carbocycles. The maximum Gasteiger partial charge on any atom is 0.119 e. The van der Waals surface area contributed by atoms with Crippen molar-refractivity contribution in [1.82, 2.24) is 0 Å². The maximum absolute atomic E-state index is 6.05. The van der Waals surface area contributed by atoms with E-state index in [0.29, 0.717) is 6.61 Å². The molecule has 0 aliphatic rings. The van der Waals surface area contributed by atoms with Crippen LogP contribution in [0.3, 0.4) is 0 Å². The van der Waals surface area contributed by atoms with Gasteiger partial charge in [-0.3, -0.25) is 0 Å². The Morgan fingerprint density at radius 1 is 0.950 bits per heavy atom. The third kappa shape index (κ3) is 3.92. The molecule has 0 amide bonds.